The van der Waals surface area contributed by atoms with Gasteiger partial charge in [0.05, 0.1) is 5.60 Å². The van der Waals surface area contributed by atoms with Crippen molar-refractivity contribution in [1.29, 1.82) is 0 Å². The Balaban J connectivity index is 2.03. The van der Waals surface area contributed by atoms with Crippen LogP contribution < -0.4 is 0 Å². The molecule has 3 saturated carbocycles. The van der Waals surface area contributed by atoms with Crippen LogP contribution in [0, 0.1) is 5.41 Å². The largest absolute Gasteiger partial charge is 0.378 e. The Morgan fingerprint density at radius 2 is 1.54 bits per heavy atom. The SMILES string of the molecule is CCCC12CCC(OC)(CC1)CC2. The molecule has 3 rings (SSSR count). The van der Waals surface area contributed by atoms with Crippen LogP contribution in [0.15, 0.2) is 0 Å². The maximum absolute atomic E-state index is 5.69. The van der Waals surface area contributed by atoms with Gasteiger partial charge in [-0.3, -0.25) is 0 Å². The van der Waals surface area contributed by atoms with Crippen LogP contribution in [0.1, 0.15) is 58.3 Å². The van der Waals surface area contributed by atoms with Crippen molar-refractivity contribution in [2.75, 3.05) is 7.11 Å². The van der Waals surface area contributed by atoms with E-state index in [9.17, 15) is 0 Å². The normalized spacial score (nSPS) is 43.8. The van der Waals surface area contributed by atoms with Crippen LogP contribution in [0.3, 0.4) is 0 Å². The molecule has 1 nitrogen and oxygen atoms in total. The lowest BCUT2D eigenvalue weighted by Gasteiger charge is -2.53. The van der Waals surface area contributed by atoms with Crippen molar-refractivity contribution < 1.29 is 4.74 Å². The molecular weight excluding hydrogens is 160 g/mol. The minimum absolute atomic E-state index is 0.301. The Bertz CT molecular complexity index is 161. The molecule has 0 amide bonds. The van der Waals surface area contributed by atoms with Crippen molar-refractivity contribution in [3.63, 3.8) is 0 Å². The van der Waals surface area contributed by atoms with Gasteiger partial charge in [0, 0.05) is 7.11 Å². The fourth-order valence-electron chi connectivity index (χ4n) is 3.44. The fraction of sp³-hybridized carbons (Fsp3) is 1.00. The van der Waals surface area contributed by atoms with Crippen molar-refractivity contribution in [3.05, 3.63) is 0 Å². The number of ether oxygens (including phenoxy) is 1. The highest BCUT2D eigenvalue weighted by Gasteiger charge is 2.47. The molecule has 0 N–H and O–H groups in total. The maximum atomic E-state index is 5.69. The van der Waals surface area contributed by atoms with Gasteiger partial charge in [0.2, 0.25) is 0 Å². The van der Waals surface area contributed by atoms with Gasteiger partial charge in [-0.25, -0.2) is 0 Å². The van der Waals surface area contributed by atoms with E-state index in [0.29, 0.717) is 5.60 Å². The summed E-state index contributed by atoms with van der Waals surface area (Å²) >= 11 is 0. The minimum Gasteiger partial charge on any atom is -0.378 e. The lowest BCUT2D eigenvalue weighted by atomic mass is 9.57. The number of fused-ring (bicyclic) bond motifs is 3. The Kier molecular flexibility index (Phi) is 2.39. The van der Waals surface area contributed by atoms with E-state index in [1.807, 2.05) is 7.11 Å². The first-order chi connectivity index (χ1) is 6.24. The third kappa shape index (κ3) is 1.52. The van der Waals surface area contributed by atoms with Gasteiger partial charge in [-0.2, -0.15) is 0 Å². The van der Waals surface area contributed by atoms with Gasteiger partial charge in [-0.15, -0.1) is 0 Å². The first-order valence-electron chi connectivity index (χ1n) is 5.79. The highest BCUT2D eigenvalue weighted by Crippen LogP contribution is 2.55. The van der Waals surface area contributed by atoms with E-state index in [1.165, 1.54) is 51.4 Å². The average Bonchev–Trinajstić information content (AvgIpc) is 2.21. The highest BCUT2D eigenvalue weighted by atomic mass is 16.5. The molecule has 0 aromatic heterocycles. The molecule has 1 heteroatoms. The molecule has 2 bridgehead atoms. The highest BCUT2D eigenvalue weighted by molar-refractivity contribution is 5.00. The molecule has 0 aliphatic heterocycles. The van der Waals surface area contributed by atoms with E-state index >= 15 is 0 Å². The number of hydrogen-bond acceptors (Lipinski definition) is 1. The summed E-state index contributed by atoms with van der Waals surface area (Å²) in [6.07, 6.45) is 11.1. The summed E-state index contributed by atoms with van der Waals surface area (Å²) in [4.78, 5) is 0. The van der Waals surface area contributed by atoms with E-state index in [-0.39, 0.29) is 0 Å². The molecule has 0 spiro atoms. The van der Waals surface area contributed by atoms with Crippen LogP contribution in [0.5, 0.6) is 0 Å². The molecule has 0 aromatic rings. The van der Waals surface area contributed by atoms with Gasteiger partial charge in [0.1, 0.15) is 0 Å². The van der Waals surface area contributed by atoms with Crippen LogP contribution >= 0.6 is 0 Å². The van der Waals surface area contributed by atoms with Crippen LogP contribution in [0.25, 0.3) is 0 Å². The zero-order valence-electron chi connectivity index (χ0n) is 9.07. The summed E-state index contributed by atoms with van der Waals surface area (Å²) < 4.78 is 5.69. The van der Waals surface area contributed by atoms with E-state index in [1.54, 1.807) is 0 Å². The summed E-state index contributed by atoms with van der Waals surface area (Å²) in [6.45, 7) is 2.32. The van der Waals surface area contributed by atoms with E-state index in [4.69, 9.17) is 4.74 Å². The second kappa shape index (κ2) is 3.27. The van der Waals surface area contributed by atoms with Crippen molar-refractivity contribution >= 4 is 0 Å². The van der Waals surface area contributed by atoms with Crippen molar-refractivity contribution in [1.82, 2.24) is 0 Å². The predicted molar refractivity (Wildman–Crippen MR) is 54.8 cm³/mol. The molecule has 0 atom stereocenters. The third-order valence-electron chi connectivity index (χ3n) is 4.55. The fourth-order valence-corrected chi connectivity index (χ4v) is 3.44. The molecule has 3 aliphatic carbocycles. The van der Waals surface area contributed by atoms with Gasteiger partial charge in [0.25, 0.3) is 0 Å². The molecule has 0 saturated heterocycles. The lowest BCUT2D eigenvalue weighted by Crippen LogP contribution is -2.47. The molecular formula is C12H22O. The summed E-state index contributed by atoms with van der Waals surface area (Å²) in [5.41, 5.74) is 1.03. The molecule has 3 fully saturated rings. The number of methoxy groups -OCH3 is 1. The summed E-state index contributed by atoms with van der Waals surface area (Å²) in [6, 6.07) is 0. The van der Waals surface area contributed by atoms with Crippen LogP contribution in [-0.4, -0.2) is 12.7 Å². The smallest absolute Gasteiger partial charge is 0.0679 e. The molecule has 0 aromatic carbocycles. The maximum Gasteiger partial charge on any atom is 0.0679 e. The Labute approximate surface area is 81.9 Å². The minimum atomic E-state index is 0.301. The summed E-state index contributed by atoms with van der Waals surface area (Å²) in [5, 5.41) is 0. The van der Waals surface area contributed by atoms with Gasteiger partial charge in [-0.05, 0) is 50.4 Å². The predicted octanol–water partition coefficient (Wildman–Crippen LogP) is 3.53. The first kappa shape index (κ1) is 9.51. The monoisotopic (exact) mass is 182 g/mol. The number of rotatable bonds is 3. The van der Waals surface area contributed by atoms with Crippen molar-refractivity contribution in [2.45, 2.75) is 63.9 Å². The molecule has 3 aliphatic rings. The third-order valence-corrected chi connectivity index (χ3v) is 4.55. The Morgan fingerprint density at radius 1 is 1.00 bits per heavy atom. The van der Waals surface area contributed by atoms with Gasteiger partial charge < -0.3 is 4.74 Å². The van der Waals surface area contributed by atoms with Gasteiger partial charge in [-0.1, -0.05) is 13.3 Å². The molecule has 0 radical (unpaired) electrons. The molecule has 0 unspecified atom stereocenters. The zero-order chi connectivity index (χ0) is 9.36. The average molecular weight is 182 g/mol. The summed E-state index contributed by atoms with van der Waals surface area (Å²) in [5.74, 6) is 0. The van der Waals surface area contributed by atoms with Crippen molar-refractivity contribution in [3.8, 4) is 0 Å². The van der Waals surface area contributed by atoms with Crippen molar-refractivity contribution in [2.24, 2.45) is 5.41 Å². The lowest BCUT2D eigenvalue weighted by molar-refractivity contribution is -0.118. The Morgan fingerprint density at radius 3 is 1.92 bits per heavy atom. The second-order valence-corrected chi connectivity index (χ2v) is 5.14. The molecule has 13 heavy (non-hydrogen) atoms. The van der Waals surface area contributed by atoms with E-state index in [2.05, 4.69) is 6.92 Å². The van der Waals surface area contributed by atoms with Gasteiger partial charge >= 0.3 is 0 Å². The first-order valence-corrected chi connectivity index (χ1v) is 5.79. The standard InChI is InChI=1S/C12H22O/c1-3-4-11-5-8-12(13-2,9-6-11)10-7-11/h3-10H2,1-2H3. The van der Waals surface area contributed by atoms with Crippen LogP contribution in [0.2, 0.25) is 0 Å². The summed E-state index contributed by atoms with van der Waals surface area (Å²) in [7, 11) is 1.90. The molecule has 76 valence electrons. The van der Waals surface area contributed by atoms with Crippen LogP contribution in [0.4, 0.5) is 0 Å². The zero-order valence-corrected chi connectivity index (χ0v) is 9.07. The van der Waals surface area contributed by atoms with E-state index < -0.39 is 0 Å². The molecule has 0 heterocycles. The quantitative estimate of drug-likeness (QED) is 0.649. The van der Waals surface area contributed by atoms with Crippen LogP contribution in [-0.2, 0) is 4.74 Å². The Hall–Kier alpha value is -0.0400. The number of hydrogen-bond donors (Lipinski definition) is 0. The second-order valence-electron chi connectivity index (χ2n) is 5.14. The van der Waals surface area contributed by atoms with Gasteiger partial charge in [0.15, 0.2) is 0 Å². The van der Waals surface area contributed by atoms with E-state index in [0.717, 1.165) is 5.41 Å². The topological polar surface area (TPSA) is 9.23 Å².